The van der Waals surface area contributed by atoms with Crippen LogP contribution >= 0.6 is 0 Å². The van der Waals surface area contributed by atoms with E-state index >= 15 is 0 Å². The second-order valence-electron chi connectivity index (χ2n) is 7.89. The number of ether oxygens (including phenoxy) is 3. The van der Waals surface area contributed by atoms with Crippen molar-refractivity contribution in [2.45, 2.75) is 51.4 Å². The van der Waals surface area contributed by atoms with Gasteiger partial charge in [0.2, 0.25) is 0 Å². The summed E-state index contributed by atoms with van der Waals surface area (Å²) in [5.74, 6) is 1.43. The van der Waals surface area contributed by atoms with E-state index in [1.54, 1.807) is 7.11 Å². The number of likely N-dealkylation sites (tertiary alicyclic amines) is 2. The maximum absolute atomic E-state index is 10.2. The number of aliphatic hydroxyl groups excluding tert-OH is 1. The molecular weight excluding hydrogens is 356 g/mol. The van der Waals surface area contributed by atoms with Crippen molar-refractivity contribution in [3.63, 3.8) is 0 Å². The van der Waals surface area contributed by atoms with Gasteiger partial charge in [0.05, 0.1) is 13.2 Å². The second kappa shape index (κ2) is 11.0. The SMILES string of the molecule is CCOC1CCN(Cc2ccc(OC[C@@H](O)CN3CCCC3)c(OC)c2)CC1. The molecule has 0 aliphatic carbocycles. The van der Waals surface area contributed by atoms with Gasteiger partial charge in [0.1, 0.15) is 12.7 Å². The first-order chi connectivity index (χ1) is 13.7. The fraction of sp³-hybridized carbons (Fsp3) is 0.727. The fourth-order valence-electron chi connectivity index (χ4n) is 4.16. The van der Waals surface area contributed by atoms with Crippen LogP contribution in [0.4, 0.5) is 0 Å². The predicted octanol–water partition coefficient (Wildman–Crippen LogP) is 2.53. The monoisotopic (exact) mass is 392 g/mol. The van der Waals surface area contributed by atoms with Gasteiger partial charge >= 0.3 is 0 Å². The Kier molecular flexibility index (Phi) is 8.40. The Hall–Kier alpha value is -1.34. The van der Waals surface area contributed by atoms with Gasteiger partial charge in [-0.3, -0.25) is 4.90 Å². The van der Waals surface area contributed by atoms with E-state index in [1.165, 1.54) is 18.4 Å². The molecule has 0 bridgehead atoms. The highest BCUT2D eigenvalue weighted by molar-refractivity contribution is 5.43. The van der Waals surface area contributed by atoms with E-state index in [2.05, 4.69) is 28.9 Å². The molecule has 2 aliphatic heterocycles. The molecule has 158 valence electrons. The first-order valence-corrected chi connectivity index (χ1v) is 10.7. The van der Waals surface area contributed by atoms with E-state index in [-0.39, 0.29) is 6.61 Å². The van der Waals surface area contributed by atoms with E-state index < -0.39 is 6.10 Å². The Morgan fingerprint density at radius 2 is 1.82 bits per heavy atom. The van der Waals surface area contributed by atoms with Gasteiger partial charge in [-0.1, -0.05) is 6.07 Å². The molecule has 1 N–H and O–H groups in total. The molecule has 6 nitrogen and oxygen atoms in total. The average Bonchev–Trinajstić information content (AvgIpc) is 3.21. The van der Waals surface area contributed by atoms with Gasteiger partial charge < -0.3 is 24.2 Å². The van der Waals surface area contributed by atoms with Crippen LogP contribution in [-0.4, -0.2) is 80.2 Å². The van der Waals surface area contributed by atoms with Gasteiger partial charge in [-0.25, -0.2) is 0 Å². The third-order valence-electron chi connectivity index (χ3n) is 5.67. The number of aliphatic hydroxyl groups is 1. The summed E-state index contributed by atoms with van der Waals surface area (Å²) in [7, 11) is 1.67. The van der Waals surface area contributed by atoms with Gasteiger partial charge in [0, 0.05) is 32.8 Å². The van der Waals surface area contributed by atoms with Gasteiger partial charge in [0.25, 0.3) is 0 Å². The molecule has 2 fully saturated rings. The van der Waals surface area contributed by atoms with Crippen LogP contribution in [0.15, 0.2) is 18.2 Å². The number of rotatable bonds is 10. The molecule has 1 atom stereocenters. The average molecular weight is 393 g/mol. The smallest absolute Gasteiger partial charge is 0.161 e. The summed E-state index contributed by atoms with van der Waals surface area (Å²) < 4.78 is 17.1. The minimum atomic E-state index is -0.478. The third-order valence-corrected chi connectivity index (χ3v) is 5.67. The van der Waals surface area contributed by atoms with Crippen molar-refractivity contribution in [3.8, 4) is 11.5 Å². The lowest BCUT2D eigenvalue weighted by Gasteiger charge is -2.31. The maximum atomic E-state index is 10.2. The molecule has 2 saturated heterocycles. The van der Waals surface area contributed by atoms with Crippen molar-refractivity contribution in [2.75, 3.05) is 53.0 Å². The number of hydrogen-bond acceptors (Lipinski definition) is 6. The van der Waals surface area contributed by atoms with Gasteiger partial charge in [-0.15, -0.1) is 0 Å². The number of piperidine rings is 1. The number of methoxy groups -OCH3 is 1. The fourth-order valence-corrected chi connectivity index (χ4v) is 4.16. The molecule has 2 aliphatic rings. The molecule has 6 heteroatoms. The predicted molar refractivity (Wildman–Crippen MR) is 110 cm³/mol. The van der Waals surface area contributed by atoms with E-state index in [1.807, 2.05) is 6.07 Å². The molecule has 3 rings (SSSR count). The van der Waals surface area contributed by atoms with Crippen molar-refractivity contribution in [2.24, 2.45) is 0 Å². The molecule has 0 saturated carbocycles. The zero-order valence-electron chi connectivity index (χ0n) is 17.4. The molecule has 2 heterocycles. The number of β-amino-alcohol motifs (C(OH)–C–C–N with tert-alkyl or cyclic N) is 1. The van der Waals surface area contributed by atoms with Crippen LogP contribution in [-0.2, 0) is 11.3 Å². The molecule has 0 aromatic heterocycles. The van der Waals surface area contributed by atoms with Crippen molar-refractivity contribution in [3.05, 3.63) is 23.8 Å². The summed E-state index contributed by atoms with van der Waals surface area (Å²) in [6.07, 6.45) is 4.59. The van der Waals surface area contributed by atoms with E-state index in [9.17, 15) is 5.11 Å². The number of benzene rings is 1. The van der Waals surface area contributed by atoms with E-state index in [0.717, 1.165) is 57.9 Å². The molecule has 0 amide bonds. The molecule has 0 spiro atoms. The Bertz CT molecular complexity index is 584. The lowest BCUT2D eigenvalue weighted by atomic mass is 10.1. The zero-order chi connectivity index (χ0) is 19.8. The third kappa shape index (κ3) is 6.34. The Morgan fingerprint density at radius 3 is 2.50 bits per heavy atom. The van der Waals surface area contributed by atoms with Crippen LogP contribution in [0, 0.1) is 0 Å². The van der Waals surface area contributed by atoms with Crippen molar-refractivity contribution >= 4 is 0 Å². The van der Waals surface area contributed by atoms with Gasteiger partial charge in [0.15, 0.2) is 11.5 Å². The lowest BCUT2D eigenvalue weighted by Crippen LogP contribution is -2.36. The zero-order valence-corrected chi connectivity index (χ0v) is 17.4. The highest BCUT2D eigenvalue weighted by Crippen LogP contribution is 2.29. The van der Waals surface area contributed by atoms with Crippen LogP contribution in [0.5, 0.6) is 11.5 Å². The van der Waals surface area contributed by atoms with Gasteiger partial charge in [-0.2, -0.15) is 0 Å². The maximum Gasteiger partial charge on any atom is 0.161 e. The molecule has 1 aromatic rings. The molecule has 0 unspecified atom stereocenters. The normalized spacial score (nSPS) is 20.4. The highest BCUT2D eigenvalue weighted by Gasteiger charge is 2.20. The Morgan fingerprint density at radius 1 is 1.07 bits per heavy atom. The summed E-state index contributed by atoms with van der Waals surface area (Å²) >= 11 is 0. The van der Waals surface area contributed by atoms with Gasteiger partial charge in [-0.05, 0) is 63.4 Å². The van der Waals surface area contributed by atoms with E-state index in [0.29, 0.717) is 18.4 Å². The van der Waals surface area contributed by atoms with Crippen molar-refractivity contribution < 1.29 is 19.3 Å². The Balaban J connectivity index is 1.48. The summed E-state index contributed by atoms with van der Waals surface area (Å²) in [5, 5.41) is 10.2. The Labute approximate surface area is 169 Å². The first-order valence-electron chi connectivity index (χ1n) is 10.7. The van der Waals surface area contributed by atoms with E-state index in [4.69, 9.17) is 14.2 Å². The highest BCUT2D eigenvalue weighted by atomic mass is 16.5. The minimum absolute atomic E-state index is 0.289. The van der Waals surface area contributed by atoms with Crippen LogP contribution < -0.4 is 9.47 Å². The first kappa shape index (κ1) is 21.4. The summed E-state index contributed by atoms with van der Waals surface area (Å²) in [6.45, 7) is 9.03. The van der Waals surface area contributed by atoms with Crippen LogP contribution in [0.3, 0.4) is 0 Å². The topological polar surface area (TPSA) is 54.4 Å². The molecule has 0 radical (unpaired) electrons. The number of hydrogen-bond donors (Lipinski definition) is 1. The van der Waals surface area contributed by atoms with Crippen LogP contribution in [0.2, 0.25) is 0 Å². The van der Waals surface area contributed by atoms with Crippen LogP contribution in [0.25, 0.3) is 0 Å². The summed E-state index contributed by atoms with van der Waals surface area (Å²) in [6, 6.07) is 6.11. The standard InChI is InChI=1S/C22H36N2O4/c1-3-27-20-8-12-24(13-9-20)15-18-6-7-21(22(14-18)26-2)28-17-19(25)16-23-10-4-5-11-23/h6-7,14,19-20,25H,3-5,8-13,15-17H2,1-2H3/t19-/m0/s1. The largest absolute Gasteiger partial charge is 0.493 e. The summed E-state index contributed by atoms with van der Waals surface area (Å²) in [5.41, 5.74) is 1.22. The molecule has 1 aromatic carbocycles. The summed E-state index contributed by atoms with van der Waals surface area (Å²) in [4.78, 5) is 4.76. The molecular formula is C22H36N2O4. The van der Waals surface area contributed by atoms with Crippen molar-refractivity contribution in [1.82, 2.24) is 9.80 Å². The van der Waals surface area contributed by atoms with Crippen molar-refractivity contribution in [1.29, 1.82) is 0 Å². The second-order valence-corrected chi connectivity index (χ2v) is 7.89. The lowest BCUT2D eigenvalue weighted by molar-refractivity contribution is 0.0125. The quantitative estimate of drug-likeness (QED) is 0.660. The minimum Gasteiger partial charge on any atom is -0.493 e. The van der Waals surface area contributed by atoms with Crippen LogP contribution in [0.1, 0.15) is 38.2 Å². The number of nitrogens with zero attached hydrogens (tertiary/aromatic N) is 2. The molecule has 28 heavy (non-hydrogen) atoms.